The van der Waals surface area contributed by atoms with E-state index >= 15 is 0 Å². The average Bonchev–Trinajstić information content (AvgIpc) is 2.90. The van der Waals surface area contributed by atoms with Crippen molar-refractivity contribution in [3.05, 3.63) is 32.8 Å². The van der Waals surface area contributed by atoms with E-state index in [2.05, 4.69) is 4.90 Å². The molecule has 0 bridgehead atoms. The predicted molar refractivity (Wildman–Crippen MR) is 78.9 cm³/mol. The Morgan fingerprint density at radius 3 is 2.48 bits per heavy atom. The molecule has 2 saturated heterocycles. The number of aryl methyl sites for hydroxylation is 1. The number of ether oxygens (including phenoxy) is 2. The quantitative estimate of drug-likeness (QED) is 0.620. The van der Waals surface area contributed by atoms with E-state index in [0.29, 0.717) is 13.2 Å². The lowest BCUT2D eigenvalue weighted by Gasteiger charge is -2.39. The summed E-state index contributed by atoms with van der Waals surface area (Å²) in [7, 11) is 0. The molecular formula is C14H17ClN2O4. The summed E-state index contributed by atoms with van der Waals surface area (Å²) in [5.74, 6) is -0.422. The number of nitro benzene ring substituents is 1. The third-order valence-electron chi connectivity index (χ3n) is 4.14. The number of hydrogen-bond donors (Lipinski definition) is 0. The SMILES string of the molecule is Cc1cc([N+](=O)[O-])c(Cl)cc1N1CCC2(CC1)OCCO2. The highest BCUT2D eigenvalue weighted by Crippen LogP contribution is 2.37. The lowest BCUT2D eigenvalue weighted by atomic mass is 10.0. The Bertz CT molecular complexity index is 562. The minimum atomic E-state index is -0.454. The second-order valence-corrected chi connectivity index (χ2v) is 5.85. The highest BCUT2D eigenvalue weighted by Gasteiger charge is 2.40. The summed E-state index contributed by atoms with van der Waals surface area (Å²) < 4.78 is 11.4. The minimum Gasteiger partial charge on any atom is -0.371 e. The fourth-order valence-corrected chi connectivity index (χ4v) is 3.24. The molecule has 2 aliphatic heterocycles. The van der Waals surface area contributed by atoms with E-state index in [4.69, 9.17) is 21.1 Å². The lowest BCUT2D eigenvalue weighted by molar-refractivity contribution is -0.384. The van der Waals surface area contributed by atoms with Crippen LogP contribution in [0.25, 0.3) is 0 Å². The first kappa shape index (κ1) is 14.6. The Kier molecular flexibility index (Phi) is 3.77. The summed E-state index contributed by atoms with van der Waals surface area (Å²) in [6, 6.07) is 3.22. The number of benzene rings is 1. The van der Waals surface area contributed by atoms with Crippen LogP contribution < -0.4 is 4.90 Å². The monoisotopic (exact) mass is 312 g/mol. The van der Waals surface area contributed by atoms with E-state index in [0.717, 1.165) is 37.2 Å². The van der Waals surface area contributed by atoms with Crippen LogP contribution in [0.3, 0.4) is 0 Å². The van der Waals surface area contributed by atoms with E-state index in [1.165, 1.54) is 6.07 Å². The summed E-state index contributed by atoms with van der Waals surface area (Å²) in [6.07, 6.45) is 1.59. The predicted octanol–water partition coefficient (Wildman–Crippen LogP) is 2.90. The Morgan fingerprint density at radius 2 is 1.90 bits per heavy atom. The molecule has 21 heavy (non-hydrogen) atoms. The Hall–Kier alpha value is -1.37. The smallest absolute Gasteiger partial charge is 0.288 e. The van der Waals surface area contributed by atoms with Crippen LogP contribution in [-0.2, 0) is 9.47 Å². The first-order valence-corrected chi connectivity index (χ1v) is 7.36. The molecule has 114 valence electrons. The first-order valence-electron chi connectivity index (χ1n) is 6.98. The molecule has 1 aromatic carbocycles. The van der Waals surface area contributed by atoms with Gasteiger partial charge in [-0.15, -0.1) is 0 Å². The minimum absolute atomic E-state index is 0.0474. The van der Waals surface area contributed by atoms with Gasteiger partial charge in [-0.05, 0) is 18.6 Å². The van der Waals surface area contributed by atoms with Gasteiger partial charge in [0.15, 0.2) is 5.79 Å². The van der Waals surface area contributed by atoms with Crippen molar-refractivity contribution >= 4 is 23.0 Å². The highest BCUT2D eigenvalue weighted by atomic mass is 35.5. The van der Waals surface area contributed by atoms with Gasteiger partial charge in [-0.3, -0.25) is 10.1 Å². The van der Waals surface area contributed by atoms with Crippen LogP contribution in [0.1, 0.15) is 18.4 Å². The van der Waals surface area contributed by atoms with E-state index in [1.807, 2.05) is 6.92 Å². The zero-order valence-electron chi connectivity index (χ0n) is 11.8. The summed E-state index contributed by atoms with van der Waals surface area (Å²) in [4.78, 5) is 12.6. The van der Waals surface area contributed by atoms with Crippen molar-refractivity contribution in [2.45, 2.75) is 25.6 Å². The number of halogens is 1. The Balaban J connectivity index is 1.79. The highest BCUT2D eigenvalue weighted by molar-refractivity contribution is 6.33. The number of piperidine rings is 1. The van der Waals surface area contributed by atoms with Crippen LogP contribution >= 0.6 is 11.6 Å². The van der Waals surface area contributed by atoms with E-state index in [-0.39, 0.29) is 10.7 Å². The molecular weight excluding hydrogens is 296 g/mol. The fraction of sp³-hybridized carbons (Fsp3) is 0.571. The first-order chi connectivity index (χ1) is 10.0. The Morgan fingerprint density at radius 1 is 1.29 bits per heavy atom. The molecule has 0 N–H and O–H groups in total. The molecule has 1 aromatic rings. The van der Waals surface area contributed by atoms with Gasteiger partial charge >= 0.3 is 0 Å². The van der Waals surface area contributed by atoms with Crippen LogP contribution in [-0.4, -0.2) is 37.0 Å². The van der Waals surface area contributed by atoms with Crippen molar-refractivity contribution in [3.63, 3.8) is 0 Å². The number of hydrogen-bond acceptors (Lipinski definition) is 5. The van der Waals surface area contributed by atoms with Crippen molar-refractivity contribution < 1.29 is 14.4 Å². The molecule has 2 heterocycles. The Labute approximate surface area is 127 Å². The largest absolute Gasteiger partial charge is 0.371 e. The molecule has 0 aliphatic carbocycles. The maximum Gasteiger partial charge on any atom is 0.288 e. The van der Waals surface area contributed by atoms with Gasteiger partial charge in [-0.25, -0.2) is 0 Å². The number of nitro groups is 1. The molecule has 0 radical (unpaired) electrons. The molecule has 1 spiro atoms. The van der Waals surface area contributed by atoms with Crippen molar-refractivity contribution in [2.75, 3.05) is 31.2 Å². The standard InChI is InChI=1S/C14H17ClN2O4/c1-10-8-13(17(18)19)11(15)9-12(10)16-4-2-14(3-5-16)20-6-7-21-14/h8-9H,2-7H2,1H3. The lowest BCUT2D eigenvalue weighted by Crippen LogP contribution is -2.45. The van der Waals surface area contributed by atoms with Gasteiger partial charge < -0.3 is 14.4 Å². The molecule has 7 heteroatoms. The maximum absolute atomic E-state index is 10.9. The van der Waals surface area contributed by atoms with E-state index in [9.17, 15) is 10.1 Å². The zero-order chi connectivity index (χ0) is 15.0. The van der Waals surface area contributed by atoms with Gasteiger partial charge in [0.25, 0.3) is 5.69 Å². The summed E-state index contributed by atoms with van der Waals surface area (Å²) in [5, 5.41) is 11.1. The van der Waals surface area contributed by atoms with Crippen molar-refractivity contribution in [1.29, 1.82) is 0 Å². The van der Waals surface area contributed by atoms with Gasteiger partial charge in [0.1, 0.15) is 5.02 Å². The zero-order valence-corrected chi connectivity index (χ0v) is 12.6. The fourth-order valence-electron chi connectivity index (χ4n) is 3.01. The molecule has 2 aliphatic rings. The van der Waals surface area contributed by atoms with Crippen LogP contribution in [0.15, 0.2) is 12.1 Å². The van der Waals surface area contributed by atoms with Crippen molar-refractivity contribution in [1.82, 2.24) is 0 Å². The second kappa shape index (κ2) is 5.44. The normalized spacial score (nSPS) is 21.0. The molecule has 6 nitrogen and oxygen atoms in total. The average molecular weight is 313 g/mol. The van der Waals surface area contributed by atoms with E-state index in [1.54, 1.807) is 6.07 Å². The van der Waals surface area contributed by atoms with Crippen molar-refractivity contribution in [2.24, 2.45) is 0 Å². The molecule has 0 amide bonds. The molecule has 0 aromatic heterocycles. The van der Waals surface area contributed by atoms with Crippen LogP contribution in [0.2, 0.25) is 5.02 Å². The van der Waals surface area contributed by atoms with Crippen molar-refractivity contribution in [3.8, 4) is 0 Å². The topological polar surface area (TPSA) is 64.8 Å². The molecule has 3 rings (SSSR count). The number of nitrogens with zero attached hydrogens (tertiary/aromatic N) is 2. The number of rotatable bonds is 2. The van der Waals surface area contributed by atoms with Crippen LogP contribution in [0.4, 0.5) is 11.4 Å². The van der Waals surface area contributed by atoms with Gasteiger partial charge in [0, 0.05) is 37.7 Å². The van der Waals surface area contributed by atoms with E-state index < -0.39 is 10.7 Å². The van der Waals surface area contributed by atoms with Gasteiger partial charge in [0.05, 0.1) is 18.1 Å². The third kappa shape index (κ3) is 2.71. The molecule has 0 saturated carbocycles. The second-order valence-electron chi connectivity index (χ2n) is 5.44. The maximum atomic E-state index is 10.9. The third-order valence-corrected chi connectivity index (χ3v) is 4.44. The van der Waals surface area contributed by atoms with Crippen LogP contribution in [0, 0.1) is 17.0 Å². The van der Waals surface area contributed by atoms with Gasteiger partial charge in [-0.2, -0.15) is 0 Å². The molecule has 0 unspecified atom stereocenters. The number of anilines is 1. The molecule has 0 atom stereocenters. The summed E-state index contributed by atoms with van der Waals surface area (Å²) in [6.45, 7) is 4.75. The van der Waals surface area contributed by atoms with Crippen LogP contribution in [0.5, 0.6) is 0 Å². The molecule has 2 fully saturated rings. The summed E-state index contributed by atoms with van der Waals surface area (Å²) >= 11 is 6.02. The summed E-state index contributed by atoms with van der Waals surface area (Å²) in [5.41, 5.74) is 1.75. The van der Waals surface area contributed by atoms with Gasteiger partial charge in [-0.1, -0.05) is 11.6 Å². The van der Waals surface area contributed by atoms with Gasteiger partial charge in [0.2, 0.25) is 0 Å².